The van der Waals surface area contributed by atoms with Crippen molar-refractivity contribution in [1.29, 1.82) is 0 Å². The van der Waals surface area contributed by atoms with Crippen molar-refractivity contribution in [2.24, 2.45) is 0 Å². The van der Waals surface area contributed by atoms with Crippen LogP contribution >= 0.6 is 24.0 Å². The fourth-order valence-corrected chi connectivity index (χ4v) is 3.31. The van der Waals surface area contributed by atoms with Crippen LogP contribution in [0.2, 0.25) is 0 Å². The average Bonchev–Trinajstić information content (AvgIpc) is 2.89. The molecule has 4 heteroatoms. The second kappa shape index (κ2) is 7.75. The fourth-order valence-electron chi connectivity index (χ4n) is 2.27. The first-order valence-electron chi connectivity index (χ1n) is 6.98. The summed E-state index contributed by atoms with van der Waals surface area (Å²) >= 11 is 7.17. The van der Waals surface area contributed by atoms with E-state index >= 15 is 0 Å². The maximum absolute atomic E-state index is 5.31. The fraction of sp³-hybridized carbons (Fsp3) is 0.533. The highest BCUT2D eigenvalue weighted by atomic mass is 32.2. The van der Waals surface area contributed by atoms with Gasteiger partial charge < -0.3 is 10.6 Å². The summed E-state index contributed by atoms with van der Waals surface area (Å²) in [5.41, 5.74) is 1.31. The van der Waals surface area contributed by atoms with E-state index in [0.29, 0.717) is 6.04 Å². The lowest BCUT2D eigenvalue weighted by atomic mass is 10.2. The minimum Gasteiger partial charge on any atom is -0.362 e. The molecular formula is C15H22N2S2. The number of benzene rings is 1. The molecule has 0 aliphatic heterocycles. The summed E-state index contributed by atoms with van der Waals surface area (Å²) in [7, 11) is 0. The van der Waals surface area contributed by atoms with Crippen LogP contribution in [0.4, 0.5) is 0 Å². The molecule has 2 N–H and O–H groups in total. The Kier molecular flexibility index (Phi) is 5.98. The summed E-state index contributed by atoms with van der Waals surface area (Å²) in [6, 6.07) is 9.26. The van der Waals surface area contributed by atoms with E-state index in [4.69, 9.17) is 12.2 Å². The molecule has 2 rings (SSSR count). The normalized spacial score (nSPS) is 15.4. The molecule has 0 aromatic heterocycles. The van der Waals surface area contributed by atoms with Gasteiger partial charge in [-0.1, -0.05) is 30.5 Å². The number of hydrogen-bond donors (Lipinski definition) is 2. The monoisotopic (exact) mass is 294 g/mol. The number of rotatable bonds is 5. The number of aryl methyl sites for hydroxylation is 1. The lowest BCUT2D eigenvalue weighted by Crippen LogP contribution is -2.41. The molecule has 1 saturated carbocycles. The minimum atomic E-state index is 0.602. The first kappa shape index (κ1) is 14.7. The van der Waals surface area contributed by atoms with Crippen LogP contribution in [0.1, 0.15) is 31.2 Å². The molecule has 0 amide bonds. The topological polar surface area (TPSA) is 24.1 Å². The van der Waals surface area contributed by atoms with Crippen LogP contribution < -0.4 is 10.6 Å². The molecule has 1 aliphatic carbocycles. The number of hydrogen-bond acceptors (Lipinski definition) is 2. The maximum atomic E-state index is 5.31. The summed E-state index contributed by atoms with van der Waals surface area (Å²) < 4.78 is 0. The van der Waals surface area contributed by atoms with Gasteiger partial charge in [0.1, 0.15) is 0 Å². The molecule has 104 valence electrons. The maximum Gasteiger partial charge on any atom is 0.166 e. The Hall–Kier alpha value is -0.740. The molecule has 0 radical (unpaired) electrons. The second-order valence-corrected chi connectivity index (χ2v) is 6.62. The van der Waals surface area contributed by atoms with Gasteiger partial charge in [0.25, 0.3) is 0 Å². The third-order valence-electron chi connectivity index (χ3n) is 3.37. The van der Waals surface area contributed by atoms with Gasteiger partial charge in [-0.3, -0.25) is 0 Å². The van der Waals surface area contributed by atoms with Crippen LogP contribution in [-0.2, 0) is 0 Å². The quantitative estimate of drug-likeness (QED) is 0.493. The molecule has 0 bridgehead atoms. The predicted octanol–water partition coefficient (Wildman–Crippen LogP) is 3.49. The minimum absolute atomic E-state index is 0.602. The first-order valence-corrected chi connectivity index (χ1v) is 8.37. The average molecular weight is 294 g/mol. The largest absolute Gasteiger partial charge is 0.362 e. The Balaban J connectivity index is 1.58. The van der Waals surface area contributed by atoms with Crippen LogP contribution in [-0.4, -0.2) is 23.5 Å². The molecule has 0 saturated heterocycles. The van der Waals surface area contributed by atoms with Crippen molar-refractivity contribution < 1.29 is 0 Å². The predicted molar refractivity (Wildman–Crippen MR) is 87.9 cm³/mol. The zero-order chi connectivity index (χ0) is 13.5. The summed E-state index contributed by atoms with van der Waals surface area (Å²) in [6.07, 6.45) is 5.20. The van der Waals surface area contributed by atoms with Gasteiger partial charge in [0, 0.05) is 23.2 Å². The zero-order valence-corrected chi connectivity index (χ0v) is 13.1. The molecule has 0 unspecified atom stereocenters. The Morgan fingerprint density at radius 2 is 1.95 bits per heavy atom. The third-order valence-corrected chi connectivity index (χ3v) is 4.64. The van der Waals surface area contributed by atoms with Crippen LogP contribution in [0.25, 0.3) is 0 Å². The highest BCUT2D eigenvalue weighted by Gasteiger charge is 2.14. The van der Waals surface area contributed by atoms with Gasteiger partial charge in [0.05, 0.1) is 0 Å². The van der Waals surface area contributed by atoms with E-state index in [1.807, 2.05) is 11.8 Å². The highest BCUT2D eigenvalue weighted by molar-refractivity contribution is 7.99. The van der Waals surface area contributed by atoms with Gasteiger partial charge in [-0.15, -0.1) is 11.8 Å². The van der Waals surface area contributed by atoms with E-state index in [2.05, 4.69) is 41.8 Å². The van der Waals surface area contributed by atoms with Gasteiger partial charge >= 0.3 is 0 Å². The molecule has 19 heavy (non-hydrogen) atoms. The molecule has 1 fully saturated rings. The molecule has 2 nitrogen and oxygen atoms in total. The number of thioether (sulfide) groups is 1. The van der Waals surface area contributed by atoms with E-state index in [1.54, 1.807) is 0 Å². The van der Waals surface area contributed by atoms with Crippen molar-refractivity contribution in [3.8, 4) is 0 Å². The molecule has 0 atom stereocenters. The van der Waals surface area contributed by atoms with E-state index in [1.165, 1.54) is 36.1 Å². The van der Waals surface area contributed by atoms with Crippen molar-refractivity contribution >= 4 is 29.1 Å². The van der Waals surface area contributed by atoms with Gasteiger partial charge in [-0.05, 0) is 44.1 Å². The van der Waals surface area contributed by atoms with Crippen LogP contribution in [0, 0.1) is 6.92 Å². The van der Waals surface area contributed by atoms with Crippen molar-refractivity contribution in [2.45, 2.75) is 43.5 Å². The number of nitrogens with one attached hydrogen (secondary N) is 2. The Morgan fingerprint density at radius 1 is 1.26 bits per heavy atom. The Bertz CT molecular complexity index is 397. The molecule has 1 aromatic rings. The van der Waals surface area contributed by atoms with E-state index in [9.17, 15) is 0 Å². The zero-order valence-electron chi connectivity index (χ0n) is 11.4. The SMILES string of the molecule is Cc1ccc(SCCNC(=S)NC2CCCC2)cc1. The molecule has 0 spiro atoms. The van der Waals surface area contributed by atoms with E-state index in [-0.39, 0.29) is 0 Å². The molecule has 0 heterocycles. The Morgan fingerprint density at radius 3 is 2.63 bits per heavy atom. The van der Waals surface area contributed by atoms with Gasteiger partial charge in [-0.25, -0.2) is 0 Å². The summed E-state index contributed by atoms with van der Waals surface area (Å²) in [5, 5.41) is 7.50. The van der Waals surface area contributed by atoms with E-state index < -0.39 is 0 Å². The standard InChI is InChI=1S/C15H22N2S2/c1-12-6-8-14(9-7-12)19-11-10-16-15(18)17-13-4-2-3-5-13/h6-9,13H,2-5,10-11H2,1H3,(H2,16,17,18). The van der Waals surface area contributed by atoms with Gasteiger partial charge in [-0.2, -0.15) is 0 Å². The Labute approximate surface area is 125 Å². The lowest BCUT2D eigenvalue weighted by Gasteiger charge is -2.15. The number of thiocarbonyl (C=S) groups is 1. The van der Waals surface area contributed by atoms with Crippen molar-refractivity contribution in [1.82, 2.24) is 10.6 Å². The van der Waals surface area contributed by atoms with Crippen molar-refractivity contribution in [2.75, 3.05) is 12.3 Å². The summed E-state index contributed by atoms with van der Waals surface area (Å²) in [6.45, 7) is 3.03. The van der Waals surface area contributed by atoms with Gasteiger partial charge in [0.2, 0.25) is 0 Å². The highest BCUT2D eigenvalue weighted by Crippen LogP contribution is 2.18. The van der Waals surface area contributed by atoms with Crippen molar-refractivity contribution in [3.05, 3.63) is 29.8 Å². The van der Waals surface area contributed by atoms with Crippen LogP contribution in [0.15, 0.2) is 29.2 Å². The van der Waals surface area contributed by atoms with E-state index in [0.717, 1.165) is 17.4 Å². The second-order valence-electron chi connectivity index (χ2n) is 5.04. The molecule has 1 aromatic carbocycles. The summed E-state index contributed by atoms with van der Waals surface area (Å²) in [5.74, 6) is 1.04. The third kappa shape index (κ3) is 5.41. The van der Waals surface area contributed by atoms with Crippen LogP contribution in [0.3, 0.4) is 0 Å². The molecular weight excluding hydrogens is 272 g/mol. The van der Waals surface area contributed by atoms with Gasteiger partial charge in [0.15, 0.2) is 5.11 Å². The van der Waals surface area contributed by atoms with Crippen LogP contribution in [0.5, 0.6) is 0 Å². The lowest BCUT2D eigenvalue weighted by molar-refractivity contribution is 0.623. The summed E-state index contributed by atoms with van der Waals surface area (Å²) in [4.78, 5) is 1.32. The smallest absolute Gasteiger partial charge is 0.166 e. The first-order chi connectivity index (χ1) is 9.24. The van der Waals surface area contributed by atoms with Crippen molar-refractivity contribution in [3.63, 3.8) is 0 Å². The molecule has 1 aliphatic rings.